The van der Waals surface area contributed by atoms with Gasteiger partial charge in [0.05, 0.1) is 0 Å². The van der Waals surface area contributed by atoms with Crippen molar-refractivity contribution < 1.29 is 4.39 Å². The molecule has 3 heteroatoms. The number of aromatic nitrogens is 1. The number of alkyl halides is 1. The van der Waals surface area contributed by atoms with Gasteiger partial charge in [0.2, 0.25) is 0 Å². The Bertz CT molecular complexity index is 288. The number of pyridine rings is 1. The van der Waals surface area contributed by atoms with Crippen LogP contribution in [0.25, 0.3) is 0 Å². The Labute approximate surface area is 71.0 Å². The molecular weight excluding hydrogens is 155 g/mol. The molecule has 1 unspecified atom stereocenters. The molecule has 12 heavy (non-hydrogen) atoms. The van der Waals surface area contributed by atoms with Gasteiger partial charge >= 0.3 is 0 Å². The maximum absolute atomic E-state index is 13.0. The van der Waals surface area contributed by atoms with E-state index in [-0.39, 0.29) is 0 Å². The number of anilines is 1. The number of rotatable bonds is 1. The average molecular weight is 166 g/mol. The van der Waals surface area contributed by atoms with Crippen molar-refractivity contribution in [2.24, 2.45) is 0 Å². The first-order valence-corrected chi connectivity index (χ1v) is 4.10. The molecule has 2 rings (SSSR count). The Morgan fingerprint density at radius 2 is 2.50 bits per heavy atom. The summed E-state index contributed by atoms with van der Waals surface area (Å²) < 4.78 is 13.0. The van der Waals surface area contributed by atoms with Crippen molar-refractivity contribution in [2.75, 3.05) is 11.4 Å². The summed E-state index contributed by atoms with van der Waals surface area (Å²) in [4.78, 5) is 5.72. The van der Waals surface area contributed by atoms with Crippen molar-refractivity contribution in [1.29, 1.82) is 0 Å². The lowest BCUT2D eigenvalue weighted by Crippen LogP contribution is -2.45. The summed E-state index contributed by atoms with van der Waals surface area (Å²) in [5.74, 6) is 0. The molecule has 0 aromatic carbocycles. The van der Waals surface area contributed by atoms with Gasteiger partial charge in [-0.2, -0.15) is 0 Å². The number of aryl methyl sites for hydroxylation is 1. The fourth-order valence-electron chi connectivity index (χ4n) is 1.42. The number of nitrogens with zero attached hydrogens (tertiary/aromatic N) is 2. The highest BCUT2D eigenvalue weighted by Crippen LogP contribution is 2.28. The Kier molecular flexibility index (Phi) is 1.71. The highest BCUT2D eigenvalue weighted by atomic mass is 19.1. The summed E-state index contributed by atoms with van der Waals surface area (Å²) in [5, 5.41) is 0. The van der Waals surface area contributed by atoms with Crippen molar-refractivity contribution in [3.05, 3.63) is 24.0 Å². The van der Waals surface area contributed by atoms with Gasteiger partial charge in [0, 0.05) is 31.0 Å². The van der Waals surface area contributed by atoms with E-state index < -0.39 is 6.30 Å². The molecule has 0 N–H and O–H groups in total. The van der Waals surface area contributed by atoms with Gasteiger partial charge < -0.3 is 4.90 Å². The molecule has 1 aromatic rings. The maximum atomic E-state index is 13.0. The lowest BCUT2D eigenvalue weighted by Gasteiger charge is -2.38. The van der Waals surface area contributed by atoms with Crippen LogP contribution in [0.5, 0.6) is 0 Å². The van der Waals surface area contributed by atoms with E-state index in [4.69, 9.17) is 0 Å². The second-order valence-electron chi connectivity index (χ2n) is 3.08. The van der Waals surface area contributed by atoms with Crippen molar-refractivity contribution in [3.63, 3.8) is 0 Å². The molecule has 1 aliphatic rings. The van der Waals surface area contributed by atoms with Gasteiger partial charge in [0.15, 0.2) is 6.30 Å². The zero-order valence-electron chi connectivity index (χ0n) is 7.00. The third-order valence-corrected chi connectivity index (χ3v) is 2.25. The molecule has 64 valence electrons. The topological polar surface area (TPSA) is 16.1 Å². The van der Waals surface area contributed by atoms with Crippen LogP contribution in [-0.4, -0.2) is 17.8 Å². The van der Waals surface area contributed by atoms with Gasteiger partial charge in [-0.1, -0.05) is 0 Å². The molecule has 1 fully saturated rings. The van der Waals surface area contributed by atoms with E-state index >= 15 is 0 Å². The molecule has 0 spiro atoms. The molecule has 1 aliphatic heterocycles. The van der Waals surface area contributed by atoms with Gasteiger partial charge in [-0.15, -0.1) is 0 Å². The van der Waals surface area contributed by atoms with Gasteiger partial charge in [-0.25, -0.2) is 4.39 Å². The second-order valence-corrected chi connectivity index (χ2v) is 3.08. The van der Waals surface area contributed by atoms with Crippen molar-refractivity contribution in [2.45, 2.75) is 19.6 Å². The highest BCUT2D eigenvalue weighted by molar-refractivity contribution is 5.53. The van der Waals surface area contributed by atoms with Crippen LogP contribution >= 0.6 is 0 Å². The standard InChI is InChI=1S/C9H11FN2/c1-7-6-11-4-2-8(7)12-5-3-9(12)10/h2,4,6,9H,3,5H2,1H3. The average Bonchev–Trinajstić information content (AvgIpc) is 2.06. The number of hydrogen-bond donors (Lipinski definition) is 0. The number of hydrogen-bond acceptors (Lipinski definition) is 2. The van der Waals surface area contributed by atoms with Crippen LogP contribution in [0, 0.1) is 6.92 Å². The summed E-state index contributed by atoms with van der Waals surface area (Å²) in [6, 6.07) is 1.86. The lowest BCUT2D eigenvalue weighted by molar-refractivity contribution is 0.236. The SMILES string of the molecule is Cc1cnccc1N1CCC1F. The fraction of sp³-hybridized carbons (Fsp3) is 0.444. The van der Waals surface area contributed by atoms with Crippen LogP contribution in [0.1, 0.15) is 12.0 Å². The van der Waals surface area contributed by atoms with E-state index in [1.54, 1.807) is 17.3 Å². The first-order chi connectivity index (χ1) is 5.79. The fourth-order valence-corrected chi connectivity index (χ4v) is 1.42. The molecule has 0 amide bonds. The summed E-state index contributed by atoms with van der Waals surface area (Å²) in [5.41, 5.74) is 2.02. The smallest absolute Gasteiger partial charge is 0.174 e. The van der Waals surface area contributed by atoms with E-state index in [0.717, 1.165) is 17.8 Å². The van der Waals surface area contributed by atoms with Crippen molar-refractivity contribution >= 4 is 5.69 Å². The Hall–Kier alpha value is -1.12. The Balaban J connectivity index is 2.27. The molecule has 0 aliphatic carbocycles. The summed E-state index contributed by atoms with van der Waals surface area (Å²) in [7, 11) is 0. The van der Waals surface area contributed by atoms with Gasteiger partial charge in [-0.3, -0.25) is 4.98 Å². The Morgan fingerprint density at radius 3 is 3.00 bits per heavy atom. The predicted molar refractivity (Wildman–Crippen MR) is 45.8 cm³/mol. The van der Waals surface area contributed by atoms with Crippen LogP contribution < -0.4 is 4.90 Å². The minimum atomic E-state index is -0.786. The monoisotopic (exact) mass is 166 g/mol. The highest BCUT2D eigenvalue weighted by Gasteiger charge is 2.28. The van der Waals surface area contributed by atoms with Gasteiger partial charge in [0.1, 0.15) is 0 Å². The normalized spacial score (nSPS) is 22.2. The molecular formula is C9H11FN2. The number of halogens is 1. The van der Waals surface area contributed by atoms with E-state index in [2.05, 4.69) is 4.98 Å². The van der Waals surface area contributed by atoms with Crippen LogP contribution in [0.3, 0.4) is 0 Å². The zero-order chi connectivity index (χ0) is 8.55. The van der Waals surface area contributed by atoms with Gasteiger partial charge in [-0.05, 0) is 18.6 Å². The van der Waals surface area contributed by atoms with E-state index in [9.17, 15) is 4.39 Å². The maximum Gasteiger partial charge on any atom is 0.174 e. The van der Waals surface area contributed by atoms with Crippen LogP contribution in [-0.2, 0) is 0 Å². The van der Waals surface area contributed by atoms with Crippen LogP contribution in [0.4, 0.5) is 10.1 Å². The van der Waals surface area contributed by atoms with E-state index in [1.807, 2.05) is 13.0 Å². The molecule has 2 nitrogen and oxygen atoms in total. The molecule has 0 radical (unpaired) electrons. The van der Waals surface area contributed by atoms with Crippen molar-refractivity contribution in [1.82, 2.24) is 4.98 Å². The largest absolute Gasteiger partial charge is 0.341 e. The predicted octanol–water partition coefficient (Wildman–Crippen LogP) is 1.90. The summed E-state index contributed by atoms with van der Waals surface area (Å²) in [6.07, 6.45) is 3.33. The molecule has 0 bridgehead atoms. The molecule has 1 saturated heterocycles. The zero-order valence-corrected chi connectivity index (χ0v) is 7.00. The molecule has 1 atom stereocenters. The summed E-state index contributed by atoms with van der Waals surface area (Å²) >= 11 is 0. The minimum Gasteiger partial charge on any atom is -0.341 e. The third-order valence-electron chi connectivity index (χ3n) is 2.25. The Morgan fingerprint density at radius 1 is 1.67 bits per heavy atom. The van der Waals surface area contributed by atoms with Gasteiger partial charge in [0.25, 0.3) is 0 Å². The first kappa shape index (κ1) is 7.53. The van der Waals surface area contributed by atoms with E-state index in [1.165, 1.54) is 0 Å². The quantitative estimate of drug-likeness (QED) is 0.592. The van der Waals surface area contributed by atoms with Crippen LogP contribution in [0.2, 0.25) is 0 Å². The molecule has 2 heterocycles. The van der Waals surface area contributed by atoms with Crippen molar-refractivity contribution in [3.8, 4) is 0 Å². The summed E-state index contributed by atoms with van der Waals surface area (Å²) in [6.45, 7) is 2.78. The molecule has 1 aromatic heterocycles. The first-order valence-electron chi connectivity index (χ1n) is 4.10. The van der Waals surface area contributed by atoms with E-state index in [0.29, 0.717) is 6.42 Å². The van der Waals surface area contributed by atoms with Crippen LogP contribution in [0.15, 0.2) is 18.5 Å². The minimum absolute atomic E-state index is 0.655. The molecule has 0 saturated carbocycles. The third kappa shape index (κ3) is 1.05. The lowest BCUT2D eigenvalue weighted by atomic mass is 10.1. The second kappa shape index (κ2) is 2.73.